The molecule has 0 saturated heterocycles. The summed E-state index contributed by atoms with van der Waals surface area (Å²) in [7, 11) is 1.60. The van der Waals surface area contributed by atoms with Crippen molar-refractivity contribution in [3.05, 3.63) is 112 Å². The van der Waals surface area contributed by atoms with Gasteiger partial charge in [0.25, 0.3) is 5.69 Å². The van der Waals surface area contributed by atoms with Crippen LogP contribution in [-0.2, 0) is 20.8 Å². The molecule has 3 aromatic rings. The smallest absolute Gasteiger partial charge is 0.273 e. The number of hydrogen-bond donors (Lipinski definition) is 2. The number of rotatable bonds is 22. The number of methoxy groups -OCH3 is 1. The molecule has 0 radical (unpaired) electrons. The fourth-order valence-corrected chi connectivity index (χ4v) is 9.40. The SMILES string of the molecule is C=CCOC12Oc3ccc(Oc4cccc([N+](=O)[O-])c4)cc3C3C(CCCCO)C(CCCCO)C=C(C(=NOCC)CC1N(CCC)C(=O)Cc1cccc(OC)c1)C32. The Bertz CT molecular complexity index is 2020. The molecule has 13 heteroatoms. The number of unbranched alkanes of at least 4 members (excludes halogenated alkanes) is 2. The van der Waals surface area contributed by atoms with Crippen LogP contribution in [0.25, 0.3) is 0 Å². The molecule has 6 atom stereocenters. The lowest BCUT2D eigenvalue weighted by atomic mass is 9.55. The molecule has 1 heterocycles. The number of fused-ring (bicyclic) bond motifs is 2. The fourth-order valence-electron chi connectivity index (χ4n) is 9.40. The molecule has 2 aliphatic carbocycles. The number of aliphatic hydroxyl groups is 2. The van der Waals surface area contributed by atoms with E-state index >= 15 is 0 Å². The van der Waals surface area contributed by atoms with Crippen molar-refractivity contribution in [3.63, 3.8) is 0 Å². The largest absolute Gasteiger partial charge is 0.497 e. The standard InChI is InChI=1S/C47H59N3O10/c1-5-22-49(44(53)27-32-14-12-17-35(26-32)56-4)43-31-41(48-58-7-3)39-28-33(15-8-10-23-51)38(19-9-11-24-52)45-40-30-37(59-36-18-13-16-34(29-36)50(54)55)20-21-42(40)60-47(43,46(39)45)57-25-6-2/h6,12-14,16-18,20-21,26,28-30,33,38,43,45-46,51-52H,2,5,7-11,15,19,22-25,27,31H2,1,3-4H3. The molecule has 0 bridgehead atoms. The number of carbonyl (C=O) groups excluding carboxylic acids is 1. The van der Waals surface area contributed by atoms with Gasteiger partial charge in [-0.3, -0.25) is 14.9 Å². The number of oxime groups is 1. The van der Waals surface area contributed by atoms with Gasteiger partial charge in [-0.25, -0.2) is 0 Å². The summed E-state index contributed by atoms with van der Waals surface area (Å²) in [4.78, 5) is 33.7. The molecule has 0 spiro atoms. The van der Waals surface area contributed by atoms with Gasteiger partial charge in [-0.05, 0) is 98.4 Å². The second kappa shape index (κ2) is 20.8. The van der Waals surface area contributed by atoms with Gasteiger partial charge in [-0.1, -0.05) is 55.3 Å². The first-order valence-electron chi connectivity index (χ1n) is 21.3. The first kappa shape index (κ1) is 44.3. The highest BCUT2D eigenvalue weighted by Crippen LogP contribution is 2.62. The summed E-state index contributed by atoms with van der Waals surface area (Å²) in [5, 5.41) is 36.2. The predicted molar refractivity (Wildman–Crippen MR) is 228 cm³/mol. The van der Waals surface area contributed by atoms with Gasteiger partial charge in [0.15, 0.2) is 0 Å². The Hall–Kier alpha value is -5.24. The lowest BCUT2D eigenvalue weighted by Gasteiger charge is -2.60. The van der Waals surface area contributed by atoms with Crippen molar-refractivity contribution in [1.29, 1.82) is 0 Å². The minimum absolute atomic E-state index is 0.0191. The van der Waals surface area contributed by atoms with Crippen LogP contribution < -0.4 is 14.2 Å². The van der Waals surface area contributed by atoms with Crippen LogP contribution in [0.15, 0.2) is 96.2 Å². The van der Waals surface area contributed by atoms with E-state index in [1.165, 1.54) is 12.1 Å². The van der Waals surface area contributed by atoms with E-state index in [4.69, 9.17) is 28.9 Å². The van der Waals surface area contributed by atoms with Crippen LogP contribution in [0.4, 0.5) is 5.69 Å². The highest BCUT2D eigenvalue weighted by Gasteiger charge is 2.65. The normalized spacial score (nSPS) is 23.4. The van der Waals surface area contributed by atoms with Gasteiger partial charge >= 0.3 is 0 Å². The van der Waals surface area contributed by atoms with E-state index < -0.39 is 22.7 Å². The van der Waals surface area contributed by atoms with Gasteiger partial charge in [0.05, 0.1) is 42.8 Å². The van der Waals surface area contributed by atoms with Crippen LogP contribution in [0, 0.1) is 27.9 Å². The number of amides is 1. The summed E-state index contributed by atoms with van der Waals surface area (Å²) in [6.07, 6.45) is 9.58. The van der Waals surface area contributed by atoms with Crippen molar-refractivity contribution in [2.75, 3.05) is 40.1 Å². The third kappa shape index (κ3) is 9.69. The first-order chi connectivity index (χ1) is 29.2. The molecule has 322 valence electrons. The second-order valence-electron chi connectivity index (χ2n) is 15.7. The number of non-ortho nitro benzene ring substituents is 1. The minimum Gasteiger partial charge on any atom is -0.497 e. The zero-order valence-electron chi connectivity index (χ0n) is 35.0. The molecular weight excluding hydrogens is 767 g/mol. The molecule has 2 N–H and O–H groups in total. The van der Waals surface area contributed by atoms with Crippen molar-refractivity contribution < 1.29 is 43.7 Å². The van der Waals surface area contributed by atoms with Crippen molar-refractivity contribution >= 4 is 17.3 Å². The van der Waals surface area contributed by atoms with Crippen LogP contribution in [0.3, 0.4) is 0 Å². The van der Waals surface area contributed by atoms with Gasteiger partial charge < -0.3 is 38.9 Å². The van der Waals surface area contributed by atoms with Gasteiger partial charge in [0.2, 0.25) is 11.7 Å². The first-order valence-corrected chi connectivity index (χ1v) is 21.3. The number of ether oxygens (including phenoxy) is 4. The topological polar surface area (TPSA) is 162 Å². The summed E-state index contributed by atoms with van der Waals surface area (Å²) in [5.41, 5.74) is 3.28. The van der Waals surface area contributed by atoms with E-state index in [-0.39, 0.29) is 55.6 Å². The number of hydrogen-bond acceptors (Lipinski definition) is 11. The summed E-state index contributed by atoms with van der Waals surface area (Å²) >= 11 is 0. The summed E-state index contributed by atoms with van der Waals surface area (Å²) in [5.74, 6) is -0.0881. The van der Waals surface area contributed by atoms with E-state index in [2.05, 4.69) is 12.7 Å². The number of nitro groups is 1. The van der Waals surface area contributed by atoms with Gasteiger partial charge in [0.1, 0.15) is 35.6 Å². The van der Waals surface area contributed by atoms with E-state index in [1.807, 2.05) is 55.1 Å². The van der Waals surface area contributed by atoms with Crippen molar-refractivity contribution in [1.82, 2.24) is 4.90 Å². The number of aliphatic hydroxyl groups excluding tert-OH is 2. The predicted octanol–water partition coefficient (Wildman–Crippen LogP) is 8.53. The Labute approximate surface area is 352 Å². The van der Waals surface area contributed by atoms with E-state index in [0.717, 1.165) is 48.1 Å². The van der Waals surface area contributed by atoms with Crippen LogP contribution in [0.5, 0.6) is 23.0 Å². The fraction of sp³-hybridized carbons (Fsp3) is 0.489. The van der Waals surface area contributed by atoms with Gasteiger partial charge in [-0.15, -0.1) is 6.58 Å². The monoisotopic (exact) mass is 825 g/mol. The summed E-state index contributed by atoms with van der Waals surface area (Å²) in [6, 6.07) is 18.6. The third-order valence-electron chi connectivity index (χ3n) is 11.9. The quantitative estimate of drug-likeness (QED) is 0.0435. The maximum Gasteiger partial charge on any atom is 0.273 e. The van der Waals surface area contributed by atoms with Crippen LogP contribution in [-0.4, -0.2) is 83.6 Å². The number of benzene rings is 3. The number of nitrogens with zero attached hydrogens (tertiary/aromatic N) is 3. The molecule has 1 fully saturated rings. The number of allylic oxidation sites excluding steroid dienone is 1. The van der Waals surface area contributed by atoms with Crippen LogP contribution in [0.1, 0.15) is 82.3 Å². The molecule has 3 aliphatic rings. The molecule has 1 aliphatic heterocycles. The van der Waals surface area contributed by atoms with Crippen molar-refractivity contribution in [2.24, 2.45) is 22.9 Å². The lowest BCUT2D eigenvalue weighted by molar-refractivity contribution is -0.384. The average Bonchev–Trinajstić information content (AvgIpc) is 3.25. The Morgan fingerprint density at radius 1 is 1.02 bits per heavy atom. The van der Waals surface area contributed by atoms with E-state index in [0.29, 0.717) is 61.8 Å². The molecule has 0 aromatic heterocycles. The van der Waals surface area contributed by atoms with Gasteiger partial charge in [0, 0.05) is 43.7 Å². The maximum absolute atomic E-state index is 14.8. The molecule has 6 unspecified atom stereocenters. The third-order valence-corrected chi connectivity index (χ3v) is 11.9. The molecular formula is C47H59N3O10. The highest BCUT2D eigenvalue weighted by atomic mass is 16.7. The Morgan fingerprint density at radius 3 is 2.48 bits per heavy atom. The molecule has 6 rings (SSSR count). The summed E-state index contributed by atoms with van der Waals surface area (Å²) < 4.78 is 26.2. The number of nitro benzene ring substituents is 1. The number of carbonyl (C=O) groups is 1. The van der Waals surface area contributed by atoms with Crippen LogP contribution >= 0.6 is 0 Å². The van der Waals surface area contributed by atoms with Crippen molar-refractivity contribution in [3.8, 4) is 23.0 Å². The summed E-state index contributed by atoms with van der Waals surface area (Å²) in [6.45, 7) is 9.04. The zero-order valence-corrected chi connectivity index (χ0v) is 35.0. The van der Waals surface area contributed by atoms with E-state index in [9.17, 15) is 25.1 Å². The molecule has 13 nitrogen and oxygen atoms in total. The van der Waals surface area contributed by atoms with E-state index in [1.54, 1.807) is 31.4 Å². The van der Waals surface area contributed by atoms with Crippen molar-refractivity contribution in [2.45, 2.75) is 89.4 Å². The Kier molecular flexibility index (Phi) is 15.4. The minimum atomic E-state index is -1.39. The molecule has 1 amide bonds. The Morgan fingerprint density at radius 2 is 1.77 bits per heavy atom. The zero-order chi connectivity index (χ0) is 42.6. The van der Waals surface area contributed by atoms with Crippen LogP contribution in [0.2, 0.25) is 0 Å². The lowest BCUT2D eigenvalue weighted by Crippen LogP contribution is -2.70. The molecule has 3 aromatic carbocycles. The second-order valence-corrected chi connectivity index (χ2v) is 15.7. The average molecular weight is 826 g/mol. The molecule has 60 heavy (non-hydrogen) atoms. The highest BCUT2D eigenvalue weighted by molar-refractivity contribution is 6.03. The van der Waals surface area contributed by atoms with Gasteiger partial charge in [-0.2, -0.15) is 0 Å². The molecule has 1 saturated carbocycles. The maximum atomic E-state index is 14.8. The Balaban J connectivity index is 1.56.